The minimum absolute atomic E-state index is 0.00434. The van der Waals surface area contributed by atoms with E-state index >= 15 is 0 Å². The highest BCUT2D eigenvalue weighted by Crippen LogP contribution is 2.40. The molecule has 2 aromatic heterocycles. The van der Waals surface area contributed by atoms with E-state index in [1.807, 2.05) is 11.8 Å². The monoisotopic (exact) mass is 415 g/mol. The number of carbonyl (C=O) groups excluding carboxylic acids is 2. The van der Waals surface area contributed by atoms with Gasteiger partial charge in [0.2, 0.25) is 0 Å². The molecule has 162 valence electrons. The van der Waals surface area contributed by atoms with E-state index in [1.165, 1.54) is 0 Å². The van der Waals surface area contributed by atoms with Gasteiger partial charge in [0, 0.05) is 39.0 Å². The second kappa shape index (κ2) is 7.55. The van der Waals surface area contributed by atoms with E-state index in [2.05, 4.69) is 15.3 Å². The maximum atomic E-state index is 12.9. The number of amides is 2. The Hall–Kier alpha value is -2.65. The predicted octanol–water partition coefficient (Wildman–Crippen LogP) is 1.00. The number of nitrogens with zero attached hydrogens (tertiary/aromatic N) is 3. The summed E-state index contributed by atoms with van der Waals surface area (Å²) in [6.45, 7) is 4.95. The van der Waals surface area contributed by atoms with Crippen LogP contribution < -0.4 is 5.32 Å². The van der Waals surface area contributed by atoms with Crippen molar-refractivity contribution in [1.29, 1.82) is 0 Å². The molecule has 2 aliphatic heterocycles. The number of ether oxygens (including phenoxy) is 1. The number of aliphatic hydroxyl groups excluding tert-OH is 1. The molecule has 0 aliphatic carbocycles. The molecule has 30 heavy (non-hydrogen) atoms. The van der Waals surface area contributed by atoms with Crippen LogP contribution in [0, 0.1) is 6.92 Å². The van der Waals surface area contributed by atoms with Gasteiger partial charge in [0.05, 0.1) is 35.3 Å². The first kappa shape index (κ1) is 20.6. The number of aromatic nitrogens is 3. The molecule has 0 bridgehead atoms. The van der Waals surface area contributed by atoms with E-state index in [4.69, 9.17) is 4.74 Å². The smallest absolute Gasteiger partial charge is 0.270 e. The van der Waals surface area contributed by atoms with Crippen LogP contribution in [-0.4, -0.2) is 73.3 Å². The molecule has 0 aromatic carbocycles. The lowest BCUT2D eigenvalue weighted by Crippen LogP contribution is -2.66. The van der Waals surface area contributed by atoms with Crippen molar-refractivity contribution in [2.45, 2.75) is 50.4 Å². The van der Waals surface area contributed by atoms with E-state index in [1.54, 1.807) is 43.3 Å². The molecular formula is C21H29N5O4. The first-order chi connectivity index (χ1) is 14.2. The summed E-state index contributed by atoms with van der Waals surface area (Å²) in [5, 5.41) is 13.7. The number of nitrogens with one attached hydrogen (secondary N) is 2. The Bertz CT molecular complexity index is 910. The highest BCUT2D eigenvalue weighted by molar-refractivity contribution is 5.94. The van der Waals surface area contributed by atoms with Crippen LogP contribution in [0.1, 0.15) is 52.7 Å². The Labute approximate surface area is 175 Å². The van der Waals surface area contributed by atoms with E-state index < -0.39 is 17.2 Å². The highest BCUT2D eigenvalue weighted by Gasteiger charge is 2.50. The van der Waals surface area contributed by atoms with Gasteiger partial charge < -0.3 is 29.6 Å². The van der Waals surface area contributed by atoms with Crippen molar-refractivity contribution in [2.24, 2.45) is 7.05 Å². The lowest BCUT2D eigenvalue weighted by atomic mass is 9.74. The molecule has 4 rings (SSSR count). The number of piperidine rings is 1. The first-order valence-electron chi connectivity index (χ1n) is 10.3. The average Bonchev–Trinajstić information content (AvgIpc) is 3.35. The summed E-state index contributed by atoms with van der Waals surface area (Å²) in [6, 6.07) is 1.77. The molecule has 9 heteroatoms. The predicted molar refractivity (Wildman–Crippen MR) is 109 cm³/mol. The van der Waals surface area contributed by atoms with Gasteiger partial charge in [0.15, 0.2) is 0 Å². The third kappa shape index (κ3) is 3.63. The summed E-state index contributed by atoms with van der Waals surface area (Å²) in [4.78, 5) is 34.5. The summed E-state index contributed by atoms with van der Waals surface area (Å²) in [7, 11) is 1.77. The van der Waals surface area contributed by atoms with Crippen LogP contribution in [0.25, 0.3) is 0 Å². The summed E-state index contributed by atoms with van der Waals surface area (Å²) < 4.78 is 7.77. The molecule has 0 radical (unpaired) electrons. The standard InChI is InChI=1S/C21H29N5O4/c1-14-17(25(3)13-23-14)18(28)24-20(2)12-21(30-11-16(20)27)5-8-26(9-6-21)19(29)15-4-7-22-10-15/h4,7,10,13,16,22,27H,5-6,8-9,11-12H2,1-3H3,(H,24,28)/t16-,20-/m1/s1. The molecule has 4 heterocycles. The van der Waals surface area contributed by atoms with Gasteiger partial charge in [-0.1, -0.05) is 0 Å². The Morgan fingerprint density at radius 1 is 1.37 bits per heavy atom. The molecule has 2 atom stereocenters. The number of rotatable bonds is 3. The molecule has 1 spiro atoms. The van der Waals surface area contributed by atoms with Crippen molar-refractivity contribution in [1.82, 2.24) is 24.8 Å². The zero-order valence-electron chi connectivity index (χ0n) is 17.6. The van der Waals surface area contributed by atoms with Crippen molar-refractivity contribution in [2.75, 3.05) is 19.7 Å². The number of aryl methyl sites for hydroxylation is 2. The number of aliphatic hydroxyl groups is 1. The molecule has 9 nitrogen and oxygen atoms in total. The lowest BCUT2D eigenvalue weighted by Gasteiger charge is -2.52. The number of imidazole rings is 1. The first-order valence-corrected chi connectivity index (χ1v) is 10.3. The lowest BCUT2D eigenvalue weighted by molar-refractivity contribution is -0.175. The van der Waals surface area contributed by atoms with Crippen LogP contribution in [0.3, 0.4) is 0 Å². The Balaban J connectivity index is 1.45. The fourth-order valence-electron chi connectivity index (χ4n) is 4.67. The maximum Gasteiger partial charge on any atom is 0.270 e. The third-order valence-corrected chi connectivity index (χ3v) is 6.51. The topological polar surface area (TPSA) is 112 Å². The zero-order valence-corrected chi connectivity index (χ0v) is 17.6. The molecule has 2 aliphatic rings. The van der Waals surface area contributed by atoms with Gasteiger partial charge in [-0.15, -0.1) is 0 Å². The van der Waals surface area contributed by atoms with Gasteiger partial charge >= 0.3 is 0 Å². The van der Waals surface area contributed by atoms with Gasteiger partial charge in [0.1, 0.15) is 11.8 Å². The van der Waals surface area contributed by atoms with Crippen LogP contribution in [0.4, 0.5) is 0 Å². The minimum Gasteiger partial charge on any atom is -0.388 e. The van der Waals surface area contributed by atoms with Gasteiger partial charge in [-0.25, -0.2) is 4.98 Å². The minimum atomic E-state index is -0.834. The van der Waals surface area contributed by atoms with Crippen LogP contribution >= 0.6 is 0 Å². The van der Waals surface area contributed by atoms with Crippen molar-refractivity contribution in [3.05, 3.63) is 41.7 Å². The highest BCUT2D eigenvalue weighted by atomic mass is 16.5. The van der Waals surface area contributed by atoms with Gasteiger partial charge in [-0.2, -0.15) is 0 Å². The molecule has 0 unspecified atom stereocenters. The SMILES string of the molecule is Cc1ncn(C)c1C(=O)N[C@]1(C)CC2(CCN(C(=O)c3cc[nH]c3)CC2)OC[C@H]1O. The molecule has 0 saturated carbocycles. The molecule has 2 saturated heterocycles. The van der Waals surface area contributed by atoms with Crippen LogP contribution in [0.5, 0.6) is 0 Å². The van der Waals surface area contributed by atoms with Crippen LogP contribution in [0.15, 0.2) is 24.8 Å². The number of hydrogen-bond acceptors (Lipinski definition) is 5. The summed E-state index contributed by atoms with van der Waals surface area (Å²) in [5.74, 6) is -0.254. The Morgan fingerprint density at radius 2 is 2.10 bits per heavy atom. The zero-order chi connectivity index (χ0) is 21.5. The second-order valence-corrected chi connectivity index (χ2v) is 8.74. The molecule has 3 N–H and O–H groups in total. The van der Waals surface area contributed by atoms with E-state index in [9.17, 15) is 14.7 Å². The molecule has 2 fully saturated rings. The number of hydrogen-bond donors (Lipinski definition) is 3. The maximum absolute atomic E-state index is 12.9. The number of H-pyrrole nitrogens is 1. The number of aromatic amines is 1. The normalized spacial score (nSPS) is 26.0. The fraction of sp³-hybridized carbons (Fsp3) is 0.571. The Morgan fingerprint density at radius 3 is 2.70 bits per heavy atom. The quantitative estimate of drug-likeness (QED) is 0.692. The van der Waals surface area contributed by atoms with Crippen molar-refractivity contribution in [3.63, 3.8) is 0 Å². The van der Waals surface area contributed by atoms with Crippen molar-refractivity contribution >= 4 is 11.8 Å². The van der Waals surface area contributed by atoms with Crippen molar-refractivity contribution in [3.8, 4) is 0 Å². The molecule has 2 amide bonds. The largest absolute Gasteiger partial charge is 0.388 e. The van der Waals surface area contributed by atoms with Crippen LogP contribution in [-0.2, 0) is 11.8 Å². The van der Waals surface area contributed by atoms with E-state index in [0.29, 0.717) is 49.3 Å². The average molecular weight is 415 g/mol. The van der Waals surface area contributed by atoms with Gasteiger partial charge in [-0.3, -0.25) is 9.59 Å². The number of carbonyl (C=O) groups is 2. The van der Waals surface area contributed by atoms with E-state index in [-0.39, 0.29) is 18.4 Å². The van der Waals surface area contributed by atoms with Gasteiger partial charge in [0.25, 0.3) is 11.8 Å². The van der Waals surface area contributed by atoms with Gasteiger partial charge in [-0.05, 0) is 32.8 Å². The summed E-state index contributed by atoms with van der Waals surface area (Å²) >= 11 is 0. The summed E-state index contributed by atoms with van der Waals surface area (Å²) in [6.07, 6.45) is 6.02. The molecular weight excluding hydrogens is 386 g/mol. The van der Waals surface area contributed by atoms with E-state index in [0.717, 1.165) is 0 Å². The second-order valence-electron chi connectivity index (χ2n) is 8.74. The molecule has 2 aromatic rings. The fourth-order valence-corrected chi connectivity index (χ4v) is 4.67. The van der Waals surface area contributed by atoms with Crippen LogP contribution in [0.2, 0.25) is 0 Å². The number of likely N-dealkylation sites (tertiary alicyclic amines) is 1. The van der Waals surface area contributed by atoms with Crippen molar-refractivity contribution < 1.29 is 19.4 Å². The summed E-state index contributed by atoms with van der Waals surface area (Å²) in [5.41, 5.74) is 0.466. The Kier molecular flexibility index (Phi) is 5.19. The third-order valence-electron chi connectivity index (χ3n) is 6.51.